The van der Waals surface area contributed by atoms with Gasteiger partial charge in [0.2, 0.25) is 9.84 Å². The number of esters is 1. The Morgan fingerprint density at radius 3 is 2.52 bits per heavy atom. The number of hydrogen-bond donors (Lipinski definition) is 0. The van der Waals surface area contributed by atoms with Crippen molar-refractivity contribution in [3.05, 3.63) is 47.9 Å². The second-order valence-corrected chi connectivity index (χ2v) is 11.3. The number of carbonyl (C=O) groups is 1. The summed E-state index contributed by atoms with van der Waals surface area (Å²) in [6.45, 7) is 8.70. The van der Waals surface area contributed by atoms with Gasteiger partial charge in [-0.25, -0.2) is 23.2 Å². The first-order chi connectivity index (χ1) is 15.6. The number of aromatic nitrogens is 3. The summed E-state index contributed by atoms with van der Waals surface area (Å²) in [6, 6.07) is 7.74. The maximum absolute atomic E-state index is 13.2. The van der Waals surface area contributed by atoms with Crippen molar-refractivity contribution in [3.8, 4) is 0 Å². The Morgan fingerprint density at radius 1 is 1.18 bits per heavy atom. The summed E-state index contributed by atoms with van der Waals surface area (Å²) in [4.78, 5) is 20.6. The molecule has 0 unspecified atom stereocenters. The normalized spacial score (nSPS) is 15.6. The highest BCUT2D eigenvalue weighted by Gasteiger charge is 2.27. The van der Waals surface area contributed by atoms with E-state index in [0.29, 0.717) is 11.4 Å². The van der Waals surface area contributed by atoms with Gasteiger partial charge in [0.1, 0.15) is 5.82 Å². The zero-order valence-corrected chi connectivity index (χ0v) is 20.2. The molecule has 1 aliphatic rings. The Morgan fingerprint density at radius 2 is 1.91 bits per heavy atom. The average molecular weight is 472 g/mol. The van der Waals surface area contributed by atoms with Crippen LogP contribution in [0.25, 0.3) is 11.0 Å². The highest BCUT2D eigenvalue weighted by molar-refractivity contribution is 7.91. The highest BCUT2D eigenvalue weighted by atomic mass is 32.2. The molecule has 176 valence electrons. The highest BCUT2D eigenvalue weighted by Crippen LogP contribution is 2.31. The summed E-state index contributed by atoms with van der Waals surface area (Å²) in [5, 5.41) is -0.132. The monoisotopic (exact) mass is 471 g/mol. The maximum Gasteiger partial charge on any atom is 0.339 e. The molecule has 0 bridgehead atoms. The van der Waals surface area contributed by atoms with E-state index >= 15 is 0 Å². The first kappa shape index (κ1) is 23.4. The molecule has 0 atom stereocenters. The van der Waals surface area contributed by atoms with Crippen molar-refractivity contribution < 1.29 is 22.7 Å². The second kappa shape index (κ2) is 8.87. The molecule has 0 N–H and O–H groups in total. The van der Waals surface area contributed by atoms with Crippen molar-refractivity contribution in [2.45, 2.75) is 55.5 Å². The molecule has 33 heavy (non-hydrogen) atoms. The van der Waals surface area contributed by atoms with Crippen LogP contribution in [0.5, 0.6) is 0 Å². The molecule has 3 aromatic rings. The Labute approximate surface area is 193 Å². The van der Waals surface area contributed by atoms with Crippen LogP contribution in [0.4, 0.5) is 0 Å². The molecular formula is C24H29N3O5S. The molecule has 8 nitrogen and oxygen atoms in total. The van der Waals surface area contributed by atoms with Gasteiger partial charge in [0.15, 0.2) is 5.03 Å². The second-order valence-electron chi connectivity index (χ2n) is 9.38. The first-order valence-corrected chi connectivity index (χ1v) is 12.5. The minimum absolute atomic E-state index is 0.115. The third-order valence-electron chi connectivity index (χ3n) is 5.92. The van der Waals surface area contributed by atoms with E-state index in [9.17, 15) is 13.2 Å². The fraction of sp³-hybridized carbons (Fsp3) is 0.458. The van der Waals surface area contributed by atoms with Crippen LogP contribution in [0.3, 0.4) is 0 Å². The molecule has 1 aliphatic heterocycles. The number of nitrogens with zero attached hydrogens (tertiary/aromatic N) is 3. The van der Waals surface area contributed by atoms with Gasteiger partial charge in [0.05, 0.1) is 28.6 Å². The van der Waals surface area contributed by atoms with E-state index < -0.39 is 15.8 Å². The van der Waals surface area contributed by atoms with E-state index in [4.69, 9.17) is 9.72 Å². The third-order valence-corrected chi connectivity index (χ3v) is 7.58. The van der Waals surface area contributed by atoms with E-state index in [1.54, 1.807) is 12.1 Å². The summed E-state index contributed by atoms with van der Waals surface area (Å²) in [6.07, 6.45) is 3.21. The van der Waals surface area contributed by atoms with Crippen molar-refractivity contribution in [1.82, 2.24) is 14.5 Å². The molecule has 9 heteroatoms. The quantitative estimate of drug-likeness (QED) is 0.522. The average Bonchev–Trinajstić information content (AvgIpc) is 3.17. The van der Waals surface area contributed by atoms with E-state index in [2.05, 4.69) is 35.1 Å². The molecule has 1 saturated heterocycles. The van der Waals surface area contributed by atoms with Gasteiger partial charge in [0, 0.05) is 31.4 Å². The Kier molecular flexibility index (Phi) is 6.28. The van der Waals surface area contributed by atoms with Crippen LogP contribution in [0, 0.1) is 5.92 Å². The lowest BCUT2D eigenvalue weighted by Crippen LogP contribution is -2.25. The van der Waals surface area contributed by atoms with Gasteiger partial charge >= 0.3 is 5.97 Å². The van der Waals surface area contributed by atoms with Gasteiger partial charge in [-0.1, -0.05) is 20.8 Å². The van der Waals surface area contributed by atoms with Crippen LogP contribution in [-0.4, -0.2) is 49.2 Å². The summed E-state index contributed by atoms with van der Waals surface area (Å²) in [7, 11) is -2.62. The first-order valence-electron chi connectivity index (χ1n) is 11.0. The fourth-order valence-corrected chi connectivity index (χ4v) is 5.31. The largest absolute Gasteiger partial charge is 0.465 e. The van der Waals surface area contributed by atoms with Crippen molar-refractivity contribution in [2.24, 2.45) is 5.92 Å². The molecule has 2 aromatic heterocycles. The SMILES string of the molecule is COC(=O)c1ccc(S(=O)(=O)c2ccc3c(c2)nc(C(C)(C)C)n3CC2CCOCC2)nc1. The van der Waals surface area contributed by atoms with Crippen LogP contribution in [0.15, 0.2) is 46.5 Å². The van der Waals surface area contributed by atoms with Gasteiger partial charge in [-0.05, 0) is 49.1 Å². The Balaban J connectivity index is 1.73. The minimum Gasteiger partial charge on any atom is -0.465 e. The molecule has 0 aliphatic carbocycles. The molecule has 1 aromatic carbocycles. The number of carbonyl (C=O) groups excluding carboxylic acids is 1. The van der Waals surface area contributed by atoms with Gasteiger partial charge in [-0.2, -0.15) is 0 Å². The van der Waals surface area contributed by atoms with Gasteiger partial charge < -0.3 is 14.0 Å². The van der Waals surface area contributed by atoms with Gasteiger partial charge in [-0.3, -0.25) is 0 Å². The summed E-state index contributed by atoms with van der Waals surface area (Å²) in [5.41, 5.74) is 1.54. The maximum atomic E-state index is 13.2. The standard InChI is InChI=1S/C24H29N3O5S/c1-24(2,3)23-26-19-13-18(6-7-20(19)27(23)15-16-9-11-32-12-10-16)33(29,30)21-8-5-17(14-25-21)22(28)31-4/h5-8,13-14,16H,9-12,15H2,1-4H3. The fourth-order valence-electron chi connectivity index (χ4n) is 4.12. The predicted molar refractivity (Wildman–Crippen MR) is 123 cm³/mol. The van der Waals surface area contributed by atoms with Crippen molar-refractivity contribution in [3.63, 3.8) is 0 Å². The Hall–Kier alpha value is -2.78. The minimum atomic E-state index is -3.87. The van der Waals surface area contributed by atoms with Crippen LogP contribution in [0.1, 0.15) is 49.8 Å². The molecule has 0 saturated carbocycles. The van der Waals surface area contributed by atoms with E-state index in [0.717, 1.165) is 43.9 Å². The summed E-state index contributed by atoms with van der Waals surface area (Å²) < 4.78 is 38.8. The number of benzene rings is 1. The zero-order chi connectivity index (χ0) is 23.8. The molecule has 4 rings (SSSR count). The summed E-state index contributed by atoms with van der Waals surface area (Å²) >= 11 is 0. The Bertz CT molecular complexity index is 1270. The molecule has 1 fully saturated rings. The number of hydrogen-bond acceptors (Lipinski definition) is 7. The van der Waals surface area contributed by atoms with E-state index in [1.165, 1.54) is 25.4 Å². The molecule has 0 spiro atoms. The summed E-state index contributed by atoms with van der Waals surface area (Å²) in [5.74, 6) is 0.856. The van der Waals surface area contributed by atoms with E-state index in [-0.39, 0.29) is 20.9 Å². The smallest absolute Gasteiger partial charge is 0.339 e. The molecule has 0 radical (unpaired) electrons. The van der Waals surface area contributed by atoms with Crippen molar-refractivity contribution in [1.29, 1.82) is 0 Å². The number of pyridine rings is 1. The number of rotatable bonds is 5. The lowest BCUT2D eigenvalue weighted by atomic mass is 9.94. The number of ether oxygens (including phenoxy) is 2. The predicted octanol–water partition coefficient (Wildman–Crippen LogP) is 3.77. The topological polar surface area (TPSA) is 100 Å². The van der Waals surface area contributed by atoms with Crippen LogP contribution >= 0.6 is 0 Å². The van der Waals surface area contributed by atoms with Crippen molar-refractivity contribution in [2.75, 3.05) is 20.3 Å². The number of fused-ring (bicyclic) bond motifs is 1. The third kappa shape index (κ3) is 4.65. The molecular weight excluding hydrogens is 442 g/mol. The van der Waals surface area contributed by atoms with Gasteiger partial charge in [-0.15, -0.1) is 0 Å². The van der Waals surface area contributed by atoms with E-state index in [1.807, 2.05) is 6.07 Å². The number of methoxy groups -OCH3 is 1. The lowest BCUT2D eigenvalue weighted by Gasteiger charge is -2.26. The van der Waals surface area contributed by atoms with Crippen LogP contribution < -0.4 is 0 Å². The molecule has 0 amide bonds. The van der Waals surface area contributed by atoms with Crippen LogP contribution in [0.2, 0.25) is 0 Å². The zero-order valence-electron chi connectivity index (χ0n) is 19.4. The van der Waals surface area contributed by atoms with Gasteiger partial charge in [0.25, 0.3) is 0 Å². The molecule has 3 heterocycles. The lowest BCUT2D eigenvalue weighted by molar-refractivity contribution is 0.0599. The van der Waals surface area contributed by atoms with Crippen molar-refractivity contribution >= 4 is 26.8 Å². The van der Waals surface area contributed by atoms with Crippen LogP contribution in [-0.2, 0) is 31.3 Å². The number of sulfone groups is 1. The number of imidazole rings is 1.